The number of aryl methyl sites for hydroxylation is 1. The van der Waals surface area contributed by atoms with Gasteiger partial charge in [0, 0.05) is 22.8 Å². The number of halogens is 4. The second kappa shape index (κ2) is 7.25. The van der Waals surface area contributed by atoms with Gasteiger partial charge in [-0.05, 0) is 44.0 Å². The summed E-state index contributed by atoms with van der Waals surface area (Å²) in [4.78, 5) is 7.67. The Bertz CT molecular complexity index is 719. The molecule has 0 radical (unpaired) electrons. The van der Waals surface area contributed by atoms with E-state index in [1.54, 1.807) is 18.2 Å². The maximum atomic E-state index is 13.1. The summed E-state index contributed by atoms with van der Waals surface area (Å²) < 4.78 is 39.2. The van der Waals surface area contributed by atoms with Gasteiger partial charge in [0.25, 0.3) is 0 Å². The van der Waals surface area contributed by atoms with E-state index in [-0.39, 0.29) is 17.8 Å². The number of hydrogen-bond donors (Lipinski definition) is 2. The molecular formula is C16H18ClF3N4. The maximum Gasteiger partial charge on any atom is 0.433 e. The summed E-state index contributed by atoms with van der Waals surface area (Å²) in [6.45, 7) is 5.57. The molecule has 1 aromatic heterocycles. The van der Waals surface area contributed by atoms with Gasteiger partial charge in [-0.3, -0.25) is 0 Å². The van der Waals surface area contributed by atoms with Crippen molar-refractivity contribution >= 4 is 29.1 Å². The average Bonchev–Trinajstić information content (AvgIpc) is 2.49. The third kappa shape index (κ3) is 4.74. The minimum Gasteiger partial charge on any atom is -0.352 e. The van der Waals surface area contributed by atoms with Crippen LogP contribution in [-0.4, -0.2) is 16.0 Å². The van der Waals surface area contributed by atoms with Gasteiger partial charge >= 0.3 is 6.18 Å². The van der Waals surface area contributed by atoms with Crippen LogP contribution in [0.2, 0.25) is 5.02 Å². The number of benzene rings is 1. The summed E-state index contributed by atoms with van der Waals surface area (Å²) in [5, 5.41) is 6.32. The molecule has 4 nitrogen and oxygen atoms in total. The number of nitrogens with zero attached hydrogens (tertiary/aromatic N) is 2. The van der Waals surface area contributed by atoms with E-state index in [2.05, 4.69) is 20.6 Å². The molecule has 2 aromatic rings. The summed E-state index contributed by atoms with van der Waals surface area (Å²) in [6.07, 6.45) is -3.82. The van der Waals surface area contributed by atoms with E-state index in [1.165, 1.54) is 0 Å². The fourth-order valence-corrected chi connectivity index (χ4v) is 2.03. The maximum absolute atomic E-state index is 13.1. The molecular weight excluding hydrogens is 341 g/mol. The fourth-order valence-electron chi connectivity index (χ4n) is 1.91. The van der Waals surface area contributed by atoms with E-state index in [0.717, 1.165) is 18.1 Å². The molecule has 2 rings (SSSR count). The van der Waals surface area contributed by atoms with Crippen molar-refractivity contribution in [1.29, 1.82) is 0 Å². The van der Waals surface area contributed by atoms with E-state index in [4.69, 9.17) is 11.6 Å². The molecule has 1 heterocycles. The van der Waals surface area contributed by atoms with Gasteiger partial charge in [-0.2, -0.15) is 18.2 Å². The van der Waals surface area contributed by atoms with E-state index in [1.807, 2.05) is 20.8 Å². The lowest BCUT2D eigenvalue weighted by molar-refractivity contribution is -0.141. The normalized spacial score (nSPS) is 12.8. The number of hydrogen-bond acceptors (Lipinski definition) is 4. The number of anilines is 3. The van der Waals surface area contributed by atoms with Crippen LogP contribution < -0.4 is 10.6 Å². The van der Waals surface area contributed by atoms with E-state index < -0.39 is 11.9 Å². The molecule has 0 aliphatic rings. The van der Waals surface area contributed by atoms with Crippen LogP contribution in [0.25, 0.3) is 0 Å². The standard InChI is InChI=1S/C16H18ClF3N4/c1-4-10(3)21-15-23-13(16(18,19)20)8-14(24-15)22-11-5-6-12(17)9(2)7-11/h5-8,10H,4H2,1-3H3,(H2,21,22,23,24)/t10-/m0/s1. The molecule has 0 spiro atoms. The molecule has 0 amide bonds. The molecule has 0 fully saturated rings. The smallest absolute Gasteiger partial charge is 0.352 e. The molecule has 0 bridgehead atoms. The third-order valence-corrected chi connectivity index (χ3v) is 3.86. The topological polar surface area (TPSA) is 49.8 Å². The molecule has 0 aliphatic heterocycles. The lowest BCUT2D eigenvalue weighted by Gasteiger charge is -2.15. The van der Waals surface area contributed by atoms with Gasteiger partial charge in [-0.15, -0.1) is 0 Å². The summed E-state index contributed by atoms with van der Waals surface area (Å²) >= 11 is 5.96. The van der Waals surface area contributed by atoms with Gasteiger partial charge in [0.2, 0.25) is 5.95 Å². The van der Waals surface area contributed by atoms with Gasteiger partial charge in [0.15, 0.2) is 5.69 Å². The number of alkyl halides is 3. The number of rotatable bonds is 5. The molecule has 0 unspecified atom stereocenters. The second-order valence-electron chi connectivity index (χ2n) is 5.50. The Morgan fingerprint density at radius 3 is 2.50 bits per heavy atom. The monoisotopic (exact) mass is 358 g/mol. The molecule has 1 atom stereocenters. The van der Waals surface area contributed by atoms with Crippen molar-refractivity contribution in [2.24, 2.45) is 0 Å². The van der Waals surface area contributed by atoms with Crippen molar-refractivity contribution in [3.63, 3.8) is 0 Å². The van der Waals surface area contributed by atoms with E-state index >= 15 is 0 Å². The zero-order valence-electron chi connectivity index (χ0n) is 13.5. The first-order valence-electron chi connectivity index (χ1n) is 7.45. The molecule has 24 heavy (non-hydrogen) atoms. The lowest BCUT2D eigenvalue weighted by Crippen LogP contribution is -2.18. The Balaban J connectivity index is 2.36. The van der Waals surface area contributed by atoms with Crippen LogP contribution in [0.4, 0.5) is 30.6 Å². The van der Waals surface area contributed by atoms with Gasteiger partial charge in [-0.1, -0.05) is 18.5 Å². The minimum absolute atomic E-state index is 0.0425. The molecule has 130 valence electrons. The Morgan fingerprint density at radius 2 is 1.92 bits per heavy atom. The predicted octanol–water partition coefficient (Wildman–Crippen LogP) is 5.41. The third-order valence-electron chi connectivity index (χ3n) is 3.43. The van der Waals surface area contributed by atoms with Crippen LogP contribution >= 0.6 is 11.6 Å². The Labute approximate surface area is 143 Å². The quantitative estimate of drug-likeness (QED) is 0.750. The van der Waals surface area contributed by atoms with Crippen molar-refractivity contribution in [3.8, 4) is 0 Å². The largest absolute Gasteiger partial charge is 0.433 e. The van der Waals surface area contributed by atoms with Crippen LogP contribution in [0.15, 0.2) is 24.3 Å². The van der Waals surface area contributed by atoms with Crippen LogP contribution in [0.5, 0.6) is 0 Å². The lowest BCUT2D eigenvalue weighted by atomic mass is 10.2. The number of nitrogens with one attached hydrogen (secondary N) is 2. The van der Waals surface area contributed by atoms with Crippen LogP contribution in [0.1, 0.15) is 31.5 Å². The van der Waals surface area contributed by atoms with Crippen LogP contribution in [-0.2, 0) is 6.18 Å². The highest BCUT2D eigenvalue weighted by Crippen LogP contribution is 2.31. The first-order valence-corrected chi connectivity index (χ1v) is 7.83. The minimum atomic E-state index is -4.55. The highest BCUT2D eigenvalue weighted by atomic mass is 35.5. The van der Waals surface area contributed by atoms with E-state index in [0.29, 0.717) is 10.7 Å². The number of aromatic nitrogens is 2. The Morgan fingerprint density at radius 1 is 1.21 bits per heavy atom. The fraction of sp³-hybridized carbons (Fsp3) is 0.375. The Hall–Kier alpha value is -2.02. The molecule has 1 aromatic carbocycles. The van der Waals surface area contributed by atoms with Crippen LogP contribution in [0.3, 0.4) is 0 Å². The Kier molecular flexibility index (Phi) is 5.54. The predicted molar refractivity (Wildman–Crippen MR) is 89.9 cm³/mol. The van der Waals surface area contributed by atoms with Crippen molar-refractivity contribution < 1.29 is 13.2 Å². The molecule has 0 aliphatic carbocycles. The molecule has 8 heteroatoms. The first-order chi connectivity index (χ1) is 11.2. The van der Waals surface area contributed by atoms with Gasteiger partial charge in [0.05, 0.1) is 0 Å². The summed E-state index contributed by atoms with van der Waals surface area (Å²) in [7, 11) is 0. The van der Waals surface area contributed by atoms with E-state index in [9.17, 15) is 13.2 Å². The van der Waals surface area contributed by atoms with Crippen molar-refractivity contribution in [2.75, 3.05) is 10.6 Å². The highest BCUT2D eigenvalue weighted by molar-refractivity contribution is 6.31. The van der Waals surface area contributed by atoms with Crippen molar-refractivity contribution in [3.05, 3.63) is 40.5 Å². The first kappa shape index (κ1) is 18.3. The summed E-state index contributed by atoms with van der Waals surface area (Å²) in [5.74, 6) is -0.00258. The molecule has 2 N–H and O–H groups in total. The average molecular weight is 359 g/mol. The van der Waals surface area contributed by atoms with Gasteiger partial charge in [0.1, 0.15) is 5.82 Å². The molecule has 0 saturated carbocycles. The highest BCUT2D eigenvalue weighted by Gasteiger charge is 2.33. The van der Waals surface area contributed by atoms with Crippen LogP contribution in [0, 0.1) is 6.92 Å². The summed E-state index contributed by atoms with van der Waals surface area (Å²) in [5.41, 5.74) is 0.402. The zero-order valence-corrected chi connectivity index (χ0v) is 14.3. The molecule has 0 saturated heterocycles. The SMILES string of the molecule is CC[C@H](C)Nc1nc(Nc2ccc(Cl)c(C)c2)cc(C(F)(F)F)n1. The van der Waals surface area contributed by atoms with Crippen molar-refractivity contribution in [2.45, 2.75) is 39.4 Å². The second-order valence-corrected chi connectivity index (χ2v) is 5.91. The van der Waals surface area contributed by atoms with Crippen molar-refractivity contribution in [1.82, 2.24) is 9.97 Å². The van der Waals surface area contributed by atoms with Gasteiger partial charge < -0.3 is 10.6 Å². The van der Waals surface area contributed by atoms with Gasteiger partial charge in [-0.25, -0.2) is 4.98 Å². The summed E-state index contributed by atoms with van der Waals surface area (Å²) in [6, 6.07) is 5.92. The zero-order chi connectivity index (χ0) is 17.9.